The molecule has 1 aromatic heterocycles. The highest BCUT2D eigenvalue weighted by atomic mass is 35.5. The molecule has 4 aromatic rings. The van der Waals surface area contributed by atoms with Gasteiger partial charge in [-0.25, -0.2) is 18.1 Å². The number of imidazole rings is 1. The Labute approximate surface area is 253 Å². The third-order valence-electron chi connectivity index (χ3n) is 6.92. The lowest BCUT2D eigenvalue weighted by Crippen LogP contribution is -2.33. The van der Waals surface area contributed by atoms with E-state index in [9.17, 15) is 62.7 Å². The van der Waals surface area contributed by atoms with Crippen molar-refractivity contribution < 1.29 is 57.9 Å². The maximum Gasteiger partial charge on any atom is 0.493 e. The van der Waals surface area contributed by atoms with Gasteiger partial charge in [0, 0.05) is 33.9 Å². The minimum atomic E-state index is -5.61. The van der Waals surface area contributed by atoms with Gasteiger partial charge in [-0.1, -0.05) is 11.6 Å². The number of alkyl halides is 9. The molecule has 1 aliphatic rings. The highest BCUT2D eigenvalue weighted by molar-refractivity contribution is 6.31. The average Bonchev–Trinajstić information content (AvgIpc) is 3.41. The number of halogens is 12. The number of amides is 2. The van der Waals surface area contributed by atoms with Crippen LogP contribution in [-0.4, -0.2) is 27.1 Å². The van der Waals surface area contributed by atoms with E-state index >= 15 is 0 Å². The average molecular weight is 687 g/mol. The van der Waals surface area contributed by atoms with Crippen LogP contribution in [0.4, 0.5) is 54.0 Å². The molecule has 1 unspecified atom stereocenters. The first-order valence-electron chi connectivity index (χ1n) is 12.6. The van der Waals surface area contributed by atoms with Crippen molar-refractivity contribution in [2.24, 2.45) is 0 Å². The number of fused-ring (bicyclic) bond motifs is 3. The van der Waals surface area contributed by atoms with Crippen LogP contribution in [0.15, 0.2) is 47.3 Å². The van der Waals surface area contributed by atoms with Gasteiger partial charge in [0.2, 0.25) is 0 Å². The Morgan fingerprint density at radius 2 is 1.59 bits per heavy atom. The van der Waals surface area contributed by atoms with Crippen LogP contribution in [0.5, 0.6) is 0 Å². The number of aromatic nitrogens is 2. The van der Waals surface area contributed by atoms with Gasteiger partial charge in [-0.2, -0.15) is 26.3 Å². The van der Waals surface area contributed by atoms with Crippen molar-refractivity contribution in [2.75, 3.05) is 5.32 Å². The summed E-state index contributed by atoms with van der Waals surface area (Å²) >= 11 is 6.16. The summed E-state index contributed by atoms with van der Waals surface area (Å²) in [6.07, 6.45) is -17.5. The highest BCUT2D eigenvalue weighted by Gasteiger charge is 2.44. The summed E-state index contributed by atoms with van der Waals surface area (Å²) in [6, 6.07) is 2.29. The van der Waals surface area contributed by atoms with Crippen molar-refractivity contribution in [3.05, 3.63) is 97.4 Å². The van der Waals surface area contributed by atoms with E-state index in [-0.39, 0.29) is 27.3 Å². The Kier molecular flexibility index (Phi) is 7.86. The van der Waals surface area contributed by atoms with Gasteiger partial charge >= 0.3 is 24.3 Å². The van der Waals surface area contributed by atoms with Crippen LogP contribution in [0.3, 0.4) is 0 Å². The fourth-order valence-electron chi connectivity index (χ4n) is 5.07. The molecule has 46 heavy (non-hydrogen) atoms. The predicted octanol–water partition coefficient (Wildman–Crippen LogP) is 7.27. The first-order chi connectivity index (χ1) is 21.2. The molecule has 2 heterocycles. The van der Waals surface area contributed by atoms with Crippen LogP contribution >= 0.6 is 11.6 Å². The van der Waals surface area contributed by atoms with Crippen molar-refractivity contribution >= 4 is 40.1 Å². The molecule has 0 radical (unpaired) electrons. The molecule has 0 spiro atoms. The fourth-order valence-corrected chi connectivity index (χ4v) is 5.30. The largest absolute Gasteiger partial charge is 0.493 e. The van der Waals surface area contributed by atoms with E-state index < -0.39 is 110 Å². The number of rotatable bonds is 5. The quantitative estimate of drug-likeness (QED) is 0.217. The summed E-state index contributed by atoms with van der Waals surface area (Å²) in [4.78, 5) is 39.4. The minimum absolute atomic E-state index is 0.0476. The van der Waals surface area contributed by atoms with E-state index in [1.807, 2.05) is 5.32 Å². The molecule has 0 aliphatic carbocycles. The molecular weight excluding hydrogens is 673 g/mol. The highest BCUT2D eigenvalue weighted by Crippen LogP contribution is 2.44. The molecule has 5 rings (SSSR count). The van der Waals surface area contributed by atoms with Gasteiger partial charge in [0.05, 0.1) is 34.6 Å². The number of hydrogen-bond donors (Lipinski definition) is 2. The zero-order valence-corrected chi connectivity index (χ0v) is 22.9. The van der Waals surface area contributed by atoms with Gasteiger partial charge in [0.25, 0.3) is 11.8 Å². The van der Waals surface area contributed by atoms with Gasteiger partial charge in [0.1, 0.15) is 11.6 Å². The molecule has 0 bridgehead atoms. The Morgan fingerprint density at radius 3 is 2.20 bits per heavy atom. The molecule has 1 aliphatic heterocycles. The second-order valence-electron chi connectivity index (χ2n) is 9.94. The monoisotopic (exact) mass is 686 g/mol. The molecule has 2 N–H and O–H groups in total. The van der Waals surface area contributed by atoms with E-state index in [0.29, 0.717) is 12.1 Å². The maximum atomic E-state index is 14.2. The van der Waals surface area contributed by atoms with Crippen LogP contribution in [0.1, 0.15) is 49.9 Å². The third-order valence-corrected chi connectivity index (χ3v) is 7.27. The van der Waals surface area contributed by atoms with E-state index in [4.69, 9.17) is 11.6 Å². The van der Waals surface area contributed by atoms with Crippen LogP contribution in [0.25, 0.3) is 11.0 Å². The van der Waals surface area contributed by atoms with E-state index in [2.05, 4.69) is 5.32 Å². The van der Waals surface area contributed by atoms with Crippen molar-refractivity contribution in [1.29, 1.82) is 0 Å². The Hall–Kier alpha value is -4.61. The molecule has 244 valence electrons. The Morgan fingerprint density at radius 1 is 0.913 bits per heavy atom. The van der Waals surface area contributed by atoms with Crippen molar-refractivity contribution in [2.45, 2.75) is 37.7 Å². The second-order valence-corrected chi connectivity index (χ2v) is 10.3. The first kappa shape index (κ1) is 32.8. The van der Waals surface area contributed by atoms with E-state index in [1.165, 1.54) is 0 Å². The van der Waals surface area contributed by atoms with Crippen LogP contribution in [0, 0.1) is 11.6 Å². The summed E-state index contributed by atoms with van der Waals surface area (Å²) in [6.45, 7) is -1.38. The predicted molar refractivity (Wildman–Crippen MR) is 138 cm³/mol. The summed E-state index contributed by atoms with van der Waals surface area (Å²) in [5, 5.41) is 4.02. The lowest BCUT2D eigenvalue weighted by molar-refractivity contribution is -0.203. The number of hydrogen-bond acceptors (Lipinski definition) is 3. The molecule has 1 atom stereocenters. The number of nitrogens with zero attached hydrogens (tertiary/aromatic N) is 2. The summed E-state index contributed by atoms with van der Waals surface area (Å²) in [7, 11) is 0. The Balaban J connectivity index is 1.82. The first-order valence-corrected chi connectivity index (χ1v) is 13.0. The van der Waals surface area contributed by atoms with Crippen LogP contribution in [0.2, 0.25) is 5.02 Å². The molecule has 2 amide bonds. The molecule has 3 aromatic carbocycles. The Bertz CT molecular complexity index is 1980. The van der Waals surface area contributed by atoms with Crippen LogP contribution < -0.4 is 16.3 Å². The number of aryl methyl sites for hydroxylation is 1. The zero-order valence-electron chi connectivity index (χ0n) is 22.2. The lowest BCUT2D eigenvalue weighted by atomic mass is 9.95. The zero-order chi connectivity index (χ0) is 34.1. The van der Waals surface area contributed by atoms with Gasteiger partial charge in [-0.05, 0) is 42.5 Å². The summed E-state index contributed by atoms with van der Waals surface area (Å²) in [5.41, 5.74) is -9.34. The van der Waals surface area contributed by atoms with Crippen molar-refractivity contribution in [1.82, 2.24) is 14.5 Å². The molecule has 7 nitrogen and oxygen atoms in total. The fraction of sp³-hybridized carbons (Fsp3) is 0.222. The summed E-state index contributed by atoms with van der Waals surface area (Å²) in [5.74, 6) is -5.32. The van der Waals surface area contributed by atoms with Crippen LogP contribution in [-0.2, 0) is 19.0 Å². The van der Waals surface area contributed by atoms with E-state index in [0.717, 1.165) is 18.2 Å². The van der Waals surface area contributed by atoms with Gasteiger partial charge in [-0.3, -0.25) is 14.2 Å². The van der Waals surface area contributed by atoms with Crippen molar-refractivity contribution in [3.8, 4) is 0 Å². The number of carbonyl (C=O) groups is 2. The van der Waals surface area contributed by atoms with Gasteiger partial charge in [-0.15, -0.1) is 13.2 Å². The van der Waals surface area contributed by atoms with E-state index in [1.54, 1.807) is 0 Å². The molecule has 0 saturated carbocycles. The van der Waals surface area contributed by atoms with Gasteiger partial charge in [0.15, 0.2) is 0 Å². The molecule has 19 heteroatoms. The number of benzene rings is 3. The smallest absolute Gasteiger partial charge is 0.341 e. The number of carbonyl (C=O) groups excluding carboxylic acids is 2. The topological polar surface area (TPSA) is 85.1 Å². The minimum Gasteiger partial charge on any atom is -0.341 e. The molecule has 0 saturated heterocycles. The summed E-state index contributed by atoms with van der Waals surface area (Å²) < 4.78 is 149. The lowest BCUT2D eigenvalue weighted by Gasteiger charge is -2.19. The second kappa shape index (κ2) is 11.0. The number of nitrogens with one attached hydrogen (secondary N) is 2. The molecular formula is C27H14ClF11N4O3. The standard InChI is InChI=1S/C27H14ClF11N4O3/c28-15-2-1-12(29)8-14(15)20-18-16(40-22(44)10-5-11(26(34,35)36)7-13(30)6-10)9-17-21(19(18)23(45)41-20)43(27(37,38)39)24(46)42(17)4-3-25(31,32)33/h1-2,5-9,20H,3-4H2,(H,40,44)(H,41,45). The maximum absolute atomic E-state index is 14.2. The molecule has 0 fully saturated rings. The normalized spacial score (nSPS) is 15.3. The third kappa shape index (κ3) is 6.00. The number of anilines is 1. The SMILES string of the molecule is O=C(Nc1cc2c(c3c1C(c1cc(F)ccc1Cl)NC3=O)n(C(F)(F)F)c(=O)n2CCC(F)(F)F)c1cc(F)cc(C(F)(F)F)c1. The van der Waals surface area contributed by atoms with Crippen molar-refractivity contribution in [3.63, 3.8) is 0 Å². The van der Waals surface area contributed by atoms with Gasteiger partial charge < -0.3 is 10.6 Å².